The van der Waals surface area contributed by atoms with Crippen LogP contribution in [0.15, 0.2) is 0 Å². The molecule has 4 unspecified atom stereocenters. The molecule has 0 aromatic heterocycles. The van der Waals surface area contributed by atoms with E-state index in [-0.39, 0.29) is 5.91 Å². The van der Waals surface area contributed by atoms with Gasteiger partial charge in [0.05, 0.1) is 6.54 Å². The van der Waals surface area contributed by atoms with Crippen LogP contribution in [0.2, 0.25) is 0 Å². The lowest BCUT2D eigenvalue weighted by Gasteiger charge is -2.38. The van der Waals surface area contributed by atoms with Gasteiger partial charge in [0.15, 0.2) is 0 Å². The maximum atomic E-state index is 12.9. The number of carbonyl (C=O) groups excluding carboxylic acids is 1. The smallest absolute Gasteiger partial charge is 0.320 e. The number of carbonyl (C=O) groups is 2. The fourth-order valence-electron chi connectivity index (χ4n) is 5.02. The van der Waals surface area contributed by atoms with Gasteiger partial charge < -0.3 is 10.0 Å². The Bertz CT molecular complexity index is 454. The maximum Gasteiger partial charge on any atom is 0.320 e. The average molecular weight is 322 g/mol. The molecule has 2 saturated heterocycles. The first-order valence-electron chi connectivity index (χ1n) is 9.39. The zero-order valence-electron chi connectivity index (χ0n) is 14.2. The van der Waals surface area contributed by atoms with Crippen LogP contribution < -0.4 is 0 Å². The van der Waals surface area contributed by atoms with Crippen LogP contribution >= 0.6 is 0 Å². The Labute approximate surface area is 139 Å². The second-order valence-electron chi connectivity index (χ2n) is 7.52. The van der Waals surface area contributed by atoms with Gasteiger partial charge in [-0.3, -0.25) is 14.5 Å². The van der Waals surface area contributed by atoms with Crippen molar-refractivity contribution >= 4 is 11.9 Å². The summed E-state index contributed by atoms with van der Waals surface area (Å²) in [6.45, 7) is 3.29. The van der Waals surface area contributed by atoms with Crippen molar-refractivity contribution in [2.24, 2.45) is 5.92 Å². The van der Waals surface area contributed by atoms with Crippen molar-refractivity contribution in [3.8, 4) is 0 Å². The van der Waals surface area contributed by atoms with E-state index in [1.165, 1.54) is 19.3 Å². The van der Waals surface area contributed by atoms with Crippen molar-refractivity contribution in [2.45, 2.75) is 82.8 Å². The molecule has 0 bridgehead atoms. The van der Waals surface area contributed by atoms with E-state index >= 15 is 0 Å². The Hall–Kier alpha value is -1.10. The van der Waals surface area contributed by atoms with Crippen LogP contribution in [0.4, 0.5) is 0 Å². The third-order valence-electron chi connectivity index (χ3n) is 6.24. The zero-order valence-corrected chi connectivity index (χ0v) is 14.2. The summed E-state index contributed by atoms with van der Waals surface area (Å²) in [7, 11) is 0. The molecule has 0 aromatic carbocycles. The molecule has 4 atom stereocenters. The van der Waals surface area contributed by atoms with Crippen LogP contribution in [-0.2, 0) is 9.59 Å². The number of fused-ring (bicyclic) bond motifs is 1. The summed E-state index contributed by atoms with van der Waals surface area (Å²) in [4.78, 5) is 28.6. The van der Waals surface area contributed by atoms with Gasteiger partial charge in [0, 0.05) is 18.6 Å². The van der Waals surface area contributed by atoms with Crippen LogP contribution in [0.25, 0.3) is 0 Å². The minimum absolute atomic E-state index is 0.147. The predicted molar refractivity (Wildman–Crippen MR) is 88.1 cm³/mol. The average Bonchev–Trinajstić information content (AvgIpc) is 2.94. The van der Waals surface area contributed by atoms with E-state index in [2.05, 4.69) is 6.92 Å². The first-order chi connectivity index (χ1) is 11.1. The van der Waals surface area contributed by atoms with E-state index in [1.807, 2.05) is 9.80 Å². The molecular formula is C18H30N2O3. The first-order valence-corrected chi connectivity index (χ1v) is 9.39. The topological polar surface area (TPSA) is 60.9 Å². The molecule has 5 nitrogen and oxygen atoms in total. The summed E-state index contributed by atoms with van der Waals surface area (Å²) in [6, 6.07) is 0.194. The number of nitrogens with zero attached hydrogens (tertiary/aromatic N) is 2. The Kier molecular flexibility index (Phi) is 5.24. The summed E-state index contributed by atoms with van der Waals surface area (Å²) in [6.07, 6.45) is 9.66. The number of carboxylic acids is 1. The van der Waals surface area contributed by atoms with Gasteiger partial charge in [-0.2, -0.15) is 0 Å². The highest BCUT2D eigenvalue weighted by Gasteiger charge is 2.46. The van der Waals surface area contributed by atoms with E-state index in [9.17, 15) is 14.7 Å². The molecule has 1 saturated carbocycles. The summed E-state index contributed by atoms with van der Waals surface area (Å²) in [5.41, 5.74) is 0. The third kappa shape index (κ3) is 3.39. The minimum atomic E-state index is -0.752. The number of piperidine rings is 1. The lowest BCUT2D eigenvalue weighted by Crippen LogP contribution is -2.51. The lowest BCUT2D eigenvalue weighted by molar-refractivity contribution is -0.145. The van der Waals surface area contributed by atoms with Gasteiger partial charge in [-0.25, -0.2) is 0 Å². The highest BCUT2D eigenvalue weighted by Crippen LogP contribution is 2.39. The van der Waals surface area contributed by atoms with E-state index in [4.69, 9.17) is 0 Å². The van der Waals surface area contributed by atoms with Crippen LogP contribution in [0, 0.1) is 5.92 Å². The number of aliphatic carboxylic acids is 1. The summed E-state index contributed by atoms with van der Waals surface area (Å²) < 4.78 is 0. The maximum absolute atomic E-state index is 12.9. The fourth-order valence-corrected chi connectivity index (χ4v) is 5.02. The number of hydrogen-bond acceptors (Lipinski definition) is 3. The SMILES string of the molecule is CCC1CCCCN1C(=O)CN1C(C(=O)O)CC2CCCCC21. The molecule has 2 heterocycles. The molecule has 5 heteroatoms. The predicted octanol–water partition coefficient (Wildman–Crippen LogP) is 2.50. The van der Waals surface area contributed by atoms with Crippen LogP contribution in [0.3, 0.4) is 0 Å². The van der Waals surface area contributed by atoms with Crippen LogP contribution in [0.1, 0.15) is 64.7 Å². The van der Waals surface area contributed by atoms with Crippen molar-refractivity contribution < 1.29 is 14.7 Å². The van der Waals surface area contributed by atoms with E-state index in [1.54, 1.807) is 0 Å². The van der Waals surface area contributed by atoms with Gasteiger partial charge in [0.2, 0.25) is 5.91 Å². The van der Waals surface area contributed by atoms with Crippen molar-refractivity contribution in [1.82, 2.24) is 9.80 Å². The van der Waals surface area contributed by atoms with Gasteiger partial charge in [-0.1, -0.05) is 19.8 Å². The van der Waals surface area contributed by atoms with E-state index in [0.717, 1.165) is 45.1 Å². The van der Waals surface area contributed by atoms with Gasteiger partial charge >= 0.3 is 5.97 Å². The Morgan fingerprint density at radius 1 is 1.09 bits per heavy atom. The van der Waals surface area contributed by atoms with E-state index < -0.39 is 12.0 Å². The Balaban J connectivity index is 1.70. The first kappa shape index (κ1) is 16.7. The normalized spacial score (nSPS) is 35.1. The number of likely N-dealkylation sites (tertiary alicyclic amines) is 2. The number of rotatable bonds is 4. The second kappa shape index (κ2) is 7.20. The molecular weight excluding hydrogens is 292 g/mol. The van der Waals surface area contributed by atoms with Crippen LogP contribution in [-0.4, -0.2) is 58.0 Å². The molecule has 3 fully saturated rings. The van der Waals surface area contributed by atoms with Gasteiger partial charge in [0.25, 0.3) is 0 Å². The monoisotopic (exact) mass is 322 g/mol. The Morgan fingerprint density at radius 3 is 2.57 bits per heavy atom. The standard InChI is InChI=1S/C18H30N2O3/c1-2-14-8-5-6-10-19(14)17(21)12-20-15-9-4-3-7-13(15)11-16(20)18(22)23/h13-16H,2-12H2,1H3,(H,22,23). The molecule has 0 spiro atoms. The van der Waals surface area contributed by atoms with E-state index in [0.29, 0.717) is 24.5 Å². The lowest BCUT2D eigenvalue weighted by atomic mass is 9.85. The van der Waals surface area contributed by atoms with Gasteiger partial charge in [-0.05, 0) is 50.9 Å². The third-order valence-corrected chi connectivity index (χ3v) is 6.24. The molecule has 0 aromatic rings. The fraction of sp³-hybridized carbons (Fsp3) is 0.889. The highest BCUT2D eigenvalue weighted by molar-refractivity contribution is 5.81. The molecule has 0 radical (unpaired) electrons. The zero-order chi connectivity index (χ0) is 16.4. The quantitative estimate of drug-likeness (QED) is 0.864. The van der Waals surface area contributed by atoms with Crippen molar-refractivity contribution in [3.63, 3.8) is 0 Å². The molecule has 3 aliphatic rings. The minimum Gasteiger partial charge on any atom is -0.480 e. The summed E-state index contributed by atoms with van der Waals surface area (Å²) >= 11 is 0. The Morgan fingerprint density at radius 2 is 1.83 bits per heavy atom. The number of carboxylic acid groups (broad SMARTS) is 1. The van der Waals surface area contributed by atoms with Crippen molar-refractivity contribution in [1.29, 1.82) is 0 Å². The molecule has 1 N–H and O–H groups in total. The molecule has 1 aliphatic carbocycles. The molecule has 2 aliphatic heterocycles. The second-order valence-corrected chi connectivity index (χ2v) is 7.52. The molecule has 3 rings (SSSR count). The van der Waals surface area contributed by atoms with Gasteiger partial charge in [-0.15, -0.1) is 0 Å². The summed E-state index contributed by atoms with van der Waals surface area (Å²) in [5.74, 6) is -0.132. The molecule has 1 amide bonds. The molecule has 130 valence electrons. The van der Waals surface area contributed by atoms with Crippen molar-refractivity contribution in [3.05, 3.63) is 0 Å². The largest absolute Gasteiger partial charge is 0.480 e. The number of hydrogen-bond donors (Lipinski definition) is 1. The number of amides is 1. The van der Waals surface area contributed by atoms with Crippen LogP contribution in [0.5, 0.6) is 0 Å². The van der Waals surface area contributed by atoms with Gasteiger partial charge in [0.1, 0.15) is 6.04 Å². The highest BCUT2D eigenvalue weighted by atomic mass is 16.4. The summed E-state index contributed by atoms with van der Waals surface area (Å²) in [5, 5.41) is 9.59. The van der Waals surface area contributed by atoms with Crippen molar-refractivity contribution in [2.75, 3.05) is 13.1 Å². The molecule has 23 heavy (non-hydrogen) atoms.